The second kappa shape index (κ2) is 4.23. The second-order valence-corrected chi connectivity index (χ2v) is 6.17. The first kappa shape index (κ1) is 12.3. The van der Waals surface area contributed by atoms with Gasteiger partial charge in [-0.05, 0) is 0 Å². The Hall–Kier alpha value is -1.21. The van der Waals surface area contributed by atoms with Crippen molar-refractivity contribution in [1.82, 2.24) is 0 Å². The van der Waals surface area contributed by atoms with Crippen LogP contribution in [0.1, 0.15) is 5.56 Å². The van der Waals surface area contributed by atoms with Gasteiger partial charge in [-0.1, -0.05) is 0 Å². The summed E-state index contributed by atoms with van der Waals surface area (Å²) in [5, 5.41) is 9.30. The highest BCUT2D eigenvalue weighted by Gasteiger charge is 2.26. The summed E-state index contributed by atoms with van der Waals surface area (Å²) in [6.45, 7) is 0.414. The van der Waals surface area contributed by atoms with Crippen molar-refractivity contribution in [3.05, 3.63) is 17.4 Å². The predicted octanol–water partition coefficient (Wildman–Crippen LogP) is 1.37. The van der Waals surface area contributed by atoms with Crippen molar-refractivity contribution in [1.29, 1.82) is 0 Å². The number of phenolic OH excluding ortho intramolecular Hbond substituents is 1. The first-order valence-electron chi connectivity index (χ1n) is 4.61. The molecule has 0 amide bonds. The lowest BCUT2D eigenvalue weighted by molar-refractivity contribution is 0.168. The summed E-state index contributed by atoms with van der Waals surface area (Å²) in [6.07, 6.45) is 0. The van der Waals surface area contributed by atoms with E-state index in [4.69, 9.17) is 20.2 Å². The van der Waals surface area contributed by atoms with Gasteiger partial charge in [0.05, 0.1) is 11.3 Å². The van der Waals surface area contributed by atoms with Crippen molar-refractivity contribution in [2.45, 2.75) is 5.75 Å². The average molecular weight is 283 g/mol. The van der Waals surface area contributed by atoms with Crippen molar-refractivity contribution >= 4 is 19.7 Å². The zero-order valence-electron chi connectivity index (χ0n) is 8.44. The average Bonchev–Trinajstić information content (AvgIpc) is 2.23. The van der Waals surface area contributed by atoms with Gasteiger partial charge in [0, 0.05) is 16.7 Å². The van der Waals surface area contributed by atoms with Crippen LogP contribution >= 0.6 is 10.7 Å². The molecule has 94 valence electrons. The second-order valence-electron chi connectivity index (χ2n) is 3.40. The number of halogens is 2. The van der Waals surface area contributed by atoms with Crippen LogP contribution in [0.15, 0.2) is 6.07 Å². The van der Waals surface area contributed by atoms with E-state index in [2.05, 4.69) is 0 Å². The van der Waals surface area contributed by atoms with Crippen LogP contribution in [-0.2, 0) is 14.8 Å². The van der Waals surface area contributed by atoms with E-state index in [1.807, 2.05) is 0 Å². The summed E-state index contributed by atoms with van der Waals surface area (Å²) >= 11 is 0. The minimum Gasteiger partial charge on any atom is -0.505 e. The fourth-order valence-electron chi connectivity index (χ4n) is 1.52. The van der Waals surface area contributed by atoms with Gasteiger partial charge >= 0.3 is 0 Å². The Morgan fingerprint density at radius 1 is 1.41 bits per heavy atom. The Morgan fingerprint density at radius 3 is 2.71 bits per heavy atom. The maximum atomic E-state index is 13.6. The lowest BCUT2D eigenvalue weighted by Crippen LogP contribution is -2.18. The zero-order chi connectivity index (χ0) is 12.6. The van der Waals surface area contributed by atoms with E-state index in [1.165, 1.54) is 0 Å². The fourth-order valence-corrected chi connectivity index (χ4v) is 2.45. The molecule has 1 aliphatic rings. The molecule has 0 aromatic heterocycles. The van der Waals surface area contributed by atoms with Crippen molar-refractivity contribution in [2.24, 2.45) is 0 Å². The van der Waals surface area contributed by atoms with E-state index in [9.17, 15) is 17.9 Å². The molecule has 0 bridgehead atoms. The molecule has 0 aliphatic carbocycles. The largest absolute Gasteiger partial charge is 0.505 e. The quantitative estimate of drug-likeness (QED) is 0.830. The van der Waals surface area contributed by atoms with Gasteiger partial charge in [0.25, 0.3) is 0 Å². The standard InChI is InChI=1S/C9H8ClFO5S/c10-17(13,14)4-5-8(11)6(12)3-7-9(5)16-2-1-15-7/h3,12H,1-2,4H2. The van der Waals surface area contributed by atoms with Gasteiger partial charge in [-0.25, -0.2) is 12.8 Å². The molecular formula is C9H8ClFO5S. The molecule has 0 atom stereocenters. The number of fused-ring (bicyclic) bond motifs is 1. The summed E-state index contributed by atoms with van der Waals surface area (Å²) in [7, 11) is 1.10. The first-order chi connectivity index (χ1) is 7.88. The van der Waals surface area contributed by atoms with E-state index in [0.29, 0.717) is 0 Å². The third-order valence-corrected chi connectivity index (χ3v) is 3.12. The van der Waals surface area contributed by atoms with Crippen LogP contribution in [0.2, 0.25) is 0 Å². The van der Waals surface area contributed by atoms with Crippen LogP contribution in [0.25, 0.3) is 0 Å². The van der Waals surface area contributed by atoms with Crippen LogP contribution in [0.3, 0.4) is 0 Å². The van der Waals surface area contributed by atoms with Gasteiger partial charge in [-0.3, -0.25) is 0 Å². The summed E-state index contributed by atoms with van der Waals surface area (Å²) in [6, 6.07) is 1.04. The van der Waals surface area contributed by atoms with Gasteiger partial charge in [-0.15, -0.1) is 0 Å². The highest BCUT2D eigenvalue weighted by molar-refractivity contribution is 8.13. The Morgan fingerprint density at radius 2 is 2.06 bits per heavy atom. The summed E-state index contributed by atoms with van der Waals surface area (Å²) in [5.41, 5.74) is -0.324. The molecule has 17 heavy (non-hydrogen) atoms. The molecule has 0 unspecified atom stereocenters. The SMILES string of the molecule is O=S(=O)(Cl)Cc1c(F)c(O)cc2c1OCCO2. The number of rotatable bonds is 2. The fraction of sp³-hybridized carbons (Fsp3) is 0.333. The molecule has 0 radical (unpaired) electrons. The third-order valence-electron chi connectivity index (χ3n) is 2.16. The zero-order valence-corrected chi connectivity index (χ0v) is 10.0. The molecule has 5 nitrogen and oxygen atoms in total. The van der Waals surface area contributed by atoms with E-state index < -0.39 is 26.4 Å². The summed E-state index contributed by atoms with van der Waals surface area (Å²) in [4.78, 5) is 0. The Labute approximate surface area is 101 Å². The normalized spacial score (nSPS) is 14.7. The van der Waals surface area contributed by atoms with Gasteiger partial charge in [0.15, 0.2) is 23.1 Å². The minimum atomic E-state index is -3.96. The van der Waals surface area contributed by atoms with Crippen molar-refractivity contribution in [2.75, 3.05) is 13.2 Å². The van der Waals surface area contributed by atoms with E-state index >= 15 is 0 Å². The van der Waals surface area contributed by atoms with E-state index in [0.717, 1.165) is 6.07 Å². The third kappa shape index (κ3) is 2.55. The van der Waals surface area contributed by atoms with Crippen LogP contribution in [0.5, 0.6) is 17.2 Å². The molecule has 2 rings (SSSR count). The van der Waals surface area contributed by atoms with Crippen molar-refractivity contribution < 1.29 is 27.4 Å². The van der Waals surface area contributed by atoms with Crippen molar-refractivity contribution in [3.8, 4) is 17.2 Å². The molecule has 8 heteroatoms. The van der Waals surface area contributed by atoms with Gasteiger partial charge < -0.3 is 14.6 Å². The van der Waals surface area contributed by atoms with E-state index in [-0.39, 0.29) is 30.3 Å². The lowest BCUT2D eigenvalue weighted by Gasteiger charge is -2.21. The van der Waals surface area contributed by atoms with Crippen LogP contribution in [0.4, 0.5) is 4.39 Å². The summed E-state index contributed by atoms with van der Waals surface area (Å²) < 4.78 is 45.8. The number of benzene rings is 1. The number of hydrogen-bond acceptors (Lipinski definition) is 5. The molecule has 0 saturated heterocycles. The smallest absolute Gasteiger partial charge is 0.237 e. The predicted molar refractivity (Wildman–Crippen MR) is 57.5 cm³/mol. The highest BCUT2D eigenvalue weighted by Crippen LogP contribution is 2.41. The molecule has 0 spiro atoms. The van der Waals surface area contributed by atoms with Crippen LogP contribution < -0.4 is 9.47 Å². The Kier molecular flexibility index (Phi) is 3.05. The topological polar surface area (TPSA) is 72.8 Å². The molecular weight excluding hydrogens is 275 g/mol. The minimum absolute atomic E-state index is 0.0317. The van der Waals surface area contributed by atoms with Gasteiger partial charge in [0.1, 0.15) is 13.2 Å². The van der Waals surface area contributed by atoms with Crippen molar-refractivity contribution in [3.63, 3.8) is 0 Å². The van der Waals surface area contributed by atoms with Crippen LogP contribution in [0, 0.1) is 5.82 Å². The molecule has 1 aliphatic heterocycles. The highest BCUT2D eigenvalue weighted by atomic mass is 35.7. The molecule has 1 heterocycles. The molecule has 1 aromatic rings. The molecule has 0 fully saturated rings. The number of aromatic hydroxyl groups is 1. The van der Waals surface area contributed by atoms with Gasteiger partial charge in [-0.2, -0.15) is 0 Å². The summed E-state index contributed by atoms with van der Waals surface area (Å²) in [5.74, 6) is -2.48. The number of phenols is 1. The van der Waals surface area contributed by atoms with Crippen LogP contribution in [-0.4, -0.2) is 26.7 Å². The molecule has 0 saturated carbocycles. The molecule has 1 N–H and O–H groups in total. The lowest BCUT2D eigenvalue weighted by atomic mass is 10.1. The maximum Gasteiger partial charge on any atom is 0.237 e. The monoisotopic (exact) mass is 282 g/mol. The maximum absolute atomic E-state index is 13.6. The van der Waals surface area contributed by atoms with E-state index in [1.54, 1.807) is 0 Å². The number of hydrogen-bond donors (Lipinski definition) is 1. The van der Waals surface area contributed by atoms with Gasteiger partial charge in [0.2, 0.25) is 9.05 Å². The Bertz CT molecular complexity index is 557. The number of ether oxygens (including phenoxy) is 2. The Balaban J connectivity index is 2.58. The first-order valence-corrected chi connectivity index (χ1v) is 7.08. The molecule has 1 aromatic carbocycles.